The molecule has 0 bridgehead atoms. The second-order valence-corrected chi connectivity index (χ2v) is 6.46. The molecule has 0 saturated heterocycles. The Labute approximate surface area is 141 Å². The number of anilines is 1. The molecular weight excluding hydrogens is 304 g/mol. The predicted octanol–water partition coefficient (Wildman–Crippen LogP) is 2.40. The largest absolute Gasteiger partial charge is 0.393 e. The zero-order valence-corrected chi connectivity index (χ0v) is 13.7. The van der Waals surface area contributed by atoms with Crippen molar-refractivity contribution in [2.45, 2.75) is 25.4 Å². The molecule has 2 aromatic carbocycles. The fourth-order valence-electron chi connectivity index (χ4n) is 3.29. The van der Waals surface area contributed by atoms with Crippen molar-refractivity contribution in [1.29, 1.82) is 0 Å². The van der Waals surface area contributed by atoms with Gasteiger partial charge in [-0.3, -0.25) is 9.59 Å². The van der Waals surface area contributed by atoms with Crippen LogP contribution in [0.4, 0.5) is 5.69 Å². The van der Waals surface area contributed by atoms with Gasteiger partial charge >= 0.3 is 11.8 Å². The number of aliphatic hydroxyl groups is 1. The number of aliphatic hydroxyl groups excluding tert-OH is 1. The van der Waals surface area contributed by atoms with Gasteiger partial charge in [0.2, 0.25) is 0 Å². The molecule has 1 aliphatic carbocycles. The SMILES string of the molecule is CN(CC1CCCC1O)C(=O)C(=O)Nc1ccc2ccccc2c1. The molecule has 0 spiro atoms. The third kappa shape index (κ3) is 3.57. The standard InChI is InChI=1S/C19H22N2O3/c1-21(12-15-7-4-8-17(15)22)19(24)18(23)20-16-10-9-13-5-2-3-6-14(13)11-16/h2-3,5-6,9-11,15,17,22H,4,7-8,12H2,1H3,(H,20,23). The average Bonchev–Trinajstić information content (AvgIpc) is 2.98. The van der Waals surface area contributed by atoms with Crippen LogP contribution in [0.5, 0.6) is 0 Å². The van der Waals surface area contributed by atoms with Crippen molar-refractivity contribution in [3.8, 4) is 0 Å². The van der Waals surface area contributed by atoms with E-state index < -0.39 is 11.8 Å². The van der Waals surface area contributed by atoms with E-state index in [1.807, 2.05) is 36.4 Å². The Hall–Kier alpha value is -2.40. The van der Waals surface area contributed by atoms with Crippen molar-refractivity contribution < 1.29 is 14.7 Å². The number of fused-ring (bicyclic) bond motifs is 1. The lowest BCUT2D eigenvalue weighted by Gasteiger charge is -2.22. The monoisotopic (exact) mass is 326 g/mol. The zero-order chi connectivity index (χ0) is 17.1. The summed E-state index contributed by atoms with van der Waals surface area (Å²) in [4.78, 5) is 25.8. The van der Waals surface area contributed by atoms with Gasteiger partial charge < -0.3 is 15.3 Å². The number of carbonyl (C=O) groups excluding carboxylic acids is 2. The molecule has 5 heteroatoms. The Bertz CT molecular complexity index is 759. The maximum Gasteiger partial charge on any atom is 0.313 e. The van der Waals surface area contributed by atoms with Gasteiger partial charge in [-0.15, -0.1) is 0 Å². The van der Waals surface area contributed by atoms with E-state index in [1.54, 1.807) is 13.1 Å². The molecule has 2 unspecified atom stereocenters. The van der Waals surface area contributed by atoms with Crippen LogP contribution >= 0.6 is 0 Å². The second kappa shape index (κ2) is 7.01. The van der Waals surface area contributed by atoms with Crippen LogP contribution in [0, 0.1) is 5.92 Å². The lowest BCUT2D eigenvalue weighted by atomic mass is 10.1. The van der Waals surface area contributed by atoms with Crippen LogP contribution in [-0.4, -0.2) is 41.5 Å². The highest BCUT2D eigenvalue weighted by Crippen LogP contribution is 2.26. The molecular formula is C19H22N2O3. The number of hydrogen-bond acceptors (Lipinski definition) is 3. The van der Waals surface area contributed by atoms with Crippen molar-refractivity contribution in [3.05, 3.63) is 42.5 Å². The quantitative estimate of drug-likeness (QED) is 0.851. The summed E-state index contributed by atoms with van der Waals surface area (Å²) < 4.78 is 0. The minimum atomic E-state index is -0.653. The maximum atomic E-state index is 12.2. The van der Waals surface area contributed by atoms with E-state index in [9.17, 15) is 14.7 Å². The molecule has 5 nitrogen and oxygen atoms in total. The summed E-state index contributed by atoms with van der Waals surface area (Å²) in [5.74, 6) is -1.17. The summed E-state index contributed by atoms with van der Waals surface area (Å²) in [6.07, 6.45) is 2.27. The van der Waals surface area contributed by atoms with Crippen molar-refractivity contribution in [2.24, 2.45) is 5.92 Å². The van der Waals surface area contributed by atoms with E-state index in [2.05, 4.69) is 5.32 Å². The number of likely N-dealkylation sites (N-methyl/N-ethyl adjacent to an activating group) is 1. The number of nitrogens with zero attached hydrogens (tertiary/aromatic N) is 1. The first-order chi connectivity index (χ1) is 11.5. The van der Waals surface area contributed by atoms with E-state index in [1.165, 1.54) is 4.90 Å². The zero-order valence-electron chi connectivity index (χ0n) is 13.7. The minimum absolute atomic E-state index is 0.0624. The molecule has 0 aliphatic heterocycles. The van der Waals surface area contributed by atoms with Gasteiger partial charge in [-0.2, -0.15) is 0 Å². The molecule has 1 saturated carbocycles. The van der Waals surface area contributed by atoms with Gasteiger partial charge in [0.1, 0.15) is 0 Å². The summed E-state index contributed by atoms with van der Waals surface area (Å²) in [5.41, 5.74) is 0.598. The second-order valence-electron chi connectivity index (χ2n) is 6.46. The van der Waals surface area contributed by atoms with Crippen LogP contribution in [0.1, 0.15) is 19.3 Å². The van der Waals surface area contributed by atoms with Crippen molar-refractivity contribution in [1.82, 2.24) is 4.90 Å². The molecule has 24 heavy (non-hydrogen) atoms. The maximum absolute atomic E-state index is 12.2. The predicted molar refractivity (Wildman–Crippen MR) is 93.6 cm³/mol. The van der Waals surface area contributed by atoms with E-state index in [4.69, 9.17) is 0 Å². The number of nitrogens with one attached hydrogen (secondary N) is 1. The minimum Gasteiger partial charge on any atom is -0.393 e. The fraction of sp³-hybridized carbons (Fsp3) is 0.368. The molecule has 0 heterocycles. The summed E-state index contributed by atoms with van der Waals surface area (Å²) in [5, 5.41) is 14.6. The Balaban J connectivity index is 1.63. The summed E-state index contributed by atoms with van der Waals surface area (Å²) in [6, 6.07) is 13.4. The molecule has 2 aromatic rings. The van der Waals surface area contributed by atoms with Crippen molar-refractivity contribution in [2.75, 3.05) is 18.9 Å². The van der Waals surface area contributed by atoms with E-state index in [0.717, 1.165) is 30.0 Å². The highest BCUT2D eigenvalue weighted by molar-refractivity contribution is 6.39. The smallest absolute Gasteiger partial charge is 0.313 e. The lowest BCUT2D eigenvalue weighted by Crippen LogP contribution is -2.40. The van der Waals surface area contributed by atoms with Gasteiger partial charge in [0.05, 0.1) is 6.10 Å². The number of benzene rings is 2. The van der Waals surface area contributed by atoms with E-state index in [-0.39, 0.29) is 12.0 Å². The van der Waals surface area contributed by atoms with Crippen LogP contribution in [0.2, 0.25) is 0 Å². The first kappa shape index (κ1) is 16.5. The number of carbonyl (C=O) groups is 2. The van der Waals surface area contributed by atoms with Gasteiger partial charge in [0.15, 0.2) is 0 Å². The summed E-state index contributed by atoms with van der Waals surface area (Å²) >= 11 is 0. The van der Waals surface area contributed by atoms with E-state index >= 15 is 0 Å². The molecule has 2 N–H and O–H groups in total. The first-order valence-electron chi connectivity index (χ1n) is 8.28. The Morgan fingerprint density at radius 2 is 1.92 bits per heavy atom. The Morgan fingerprint density at radius 1 is 1.17 bits per heavy atom. The molecule has 2 atom stereocenters. The normalized spacial score (nSPS) is 20.1. The Morgan fingerprint density at radius 3 is 2.62 bits per heavy atom. The van der Waals surface area contributed by atoms with Gasteiger partial charge in [0, 0.05) is 25.2 Å². The van der Waals surface area contributed by atoms with Gasteiger partial charge in [-0.25, -0.2) is 0 Å². The molecule has 1 aliphatic rings. The van der Waals surface area contributed by atoms with Gasteiger partial charge in [-0.05, 0) is 35.7 Å². The van der Waals surface area contributed by atoms with Crippen LogP contribution in [-0.2, 0) is 9.59 Å². The number of amides is 2. The average molecular weight is 326 g/mol. The molecule has 3 rings (SSSR count). The summed E-state index contributed by atoms with van der Waals surface area (Å²) in [7, 11) is 1.60. The first-order valence-corrected chi connectivity index (χ1v) is 8.28. The number of hydrogen-bond donors (Lipinski definition) is 2. The van der Waals surface area contributed by atoms with Gasteiger partial charge in [0.25, 0.3) is 0 Å². The van der Waals surface area contributed by atoms with Crippen molar-refractivity contribution in [3.63, 3.8) is 0 Å². The van der Waals surface area contributed by atoms with Crippen LogP contribution in [0.3, 0.4) is 0 Å². The van der Waals surface area contributed by atoms with Gasteiger partial charge in [-0.1, -0.05) is 36.8 Å². The molecule has 0 aromatic heterocycles. The molecule has 0 radical (unpaired) electrons. The van der Waals surface area contributed by atoms with Crippen molar-refractivity contribution >= 4 is 28.3 Å². The molecule has 126 valence electrons. The molecule has 2 amide bonds. The highest BCUT2D eigenvalue weighted by atomic mass is 16.3. The topological polar surface area (TPSA) is 69.6 Å². The van der Waals surface area contributed by atoms with E-state index in [0.29, 0.717) is 12.2 Å². The Kier molecular flexibility index (Phi) is 4.81. The highest BCUT2D eigenvalue weighted by Gasteiger charge is 2.29. The fourth-order valence-corrected chi connectivity index (χ4v) is 3.29. The van der Waals surface area contributed by atoms with Crippen LogP contribution in [0.25, 0.3) is 10.8 Å². The van der Waals surface area contributed by atoms with Crippen LogP contribution in [0.15, 0.2) is 42.5 Å². The summed E-state index contributed by atoms with van der Waals surface area (Å²) in [6.45, 7) is 0.408. The third-order valence-electron chi connectivity index (χ3n) is 4.68. The third-order valence-corrected chi connectivity index (χ3v) is 4.68. The van der Waals surface area contributed by atoms with Crippen LogP contribution < -0.4 is 5.32 Å². The number of rotatable bonds is 3. The lowest BCUT2D eigenvalue weighted by molar-refractivity contribution is -0.142. The molecule has 1 fully saturated rings.